The highest BCUT2D eigenvalue weighted by atomic mass is 32.1. The Hall–Kier alpha value is -1.39. The first-order valence-electron chi connectivity index (χ1n) is 7.60. The maximum Gasteiger partial charge on any atom is 0.137 e. The summed E-state index contributed by atoms with van der Waals surface area (Å²) in [5, 5.41) is 8.04. The summed E-state index contributed by atoms with van der Waals surface area (Å²) in [7, 11) is 0. The fraction of sp³-hybridized carbons (Fsp3) is 0.471. The molecule has 3 nitrogen and oxygen atoms in total. The van der Waals surface area contributed by atoms with Gasteiger partial charge < -0.3 is 10.1 Å². The summed E-state index contributed by atoms with van der Waals surface area (Å²) < 4.78 is 5.71. The third-order valence-electron chi connectivity index (χ3n) is 3.35. The summed E-state index contributed by atoms with van der Waals surface area (Å²) in [5.74, 6) is 0.852. The van der Waals surface area contributed by atoms with Gasteiger partial charge in [-0.3, -0.25) is 4.98 Å². The van der Waals surface area contributed by atoms with E-state index in [9.17, 15) is 0 Å². The summed E-state index contributed by atoms with van der Waals surface area (Å²) in [6.07, 6.45) is 5.84. The van der Waals surface area contributed by atoms with Gasteiger partial charge in [-0.2, -0.15) is 11.3 Å². The average molecular weight is 304 g/mol. The smallest absolute Gasteiger partial charge is 0.137 e. The molecule has 2 aromatic heterocycles. The van der Waals surface area contributed by atoms with Gasteiger partial charge in [-0.25, -0.2) is 0 Å². The molecule has 0 fully saturated rings. The van der Waals surface area contributed by atoms with Crippen molar-refractivity contribution >= 4 is 11.3 Å². The van der Waals surface area contributed by atoms with Gasteiger partial charge in [-0.1, -0.05) is 13.8 Å². The van der Waals surface area contributed by atoms with E-state index in [4.69, 9.17) is 4.74 Å². The number of aromatic nitrogens is 1. The molecule has 21 heavy (non-hydrogen) atoms. The Balaban J connectivity index is 2.26. The zero-order chi connectivity index (χ0) is 15.1. The predicted molar refractivity (Wildman–Crippen MR) is 89.2 cm³/mol. The molecule has 0 bridgehead atoms. The molecule has 0 aliphatic rings. The minimum Gasteiger partial charge on any atom is -0.492 e. The van der Waals surface area contributed by atoms with Crippen molar-refractivity contribution < 1.29 is 4.74 Å². The molecule has 0 amide bonds. The van der Waals surface area contributed by atoms with E-state index in [1.54, 1.807) is 17.5 Å². The molecule has 0 aromatic carbocycles. The summed E-state index contributed by atoms with van der Waals surface area (Å²) >= 11 is 1.75. The van der Waals surface area contributed by atoms with Crippen LogP contribution in [0.4, 0.5) is 0 Å². The second-order valence-corrected chi connectivity index (χ2v) is 5.94. The normalized spacial score (nSPS) is 12.3. The molecular formula is C17H24N2OS. The lowest BCUT2D eigenvalue weighted by atomic mass is 9.99. The third-order valence-corrected chi connectivity index (χ3v) is 4.22. The minimum absolute atomic E-state index is 0.189. The quantitative estimate of drug-likeness (QED) is 0.788. The third kappa shape index (κ3) is 4.29. The van der Waals surface area contributed by atoms with Crippen LogP contribution in [0.25, 0.3) is 0 Å². The van der Waals surface area contributed by atoms with Gasteiger partial charge in [-0.15, -0.1) is 0 Å². The van der Waals surface area contributed by atoms with E-state index in [-0.39, 0.29) is 6.04 Å². The number of hydrogen-bond donors (Lipinski definition) is 1. The molecule has 4 heteroatoms. The maximum absolute atomic E-state index is 5.71. The van der Waals surface area contributed by atoms with E-state index in [0.717, 1.165) is 31.7 Å². The number of nitrogens with one attached hydrogen (secondary N) is 1. The number of rotatable bonds is 8. The molecule has 0 spiro atoms. The van der Waals surface area contributed by atoms with Gasteiger partial charge in [0, 0.05) is 6.20 Å². The zero-order valence-corrected chi connectivity index (χ0v) is 13.9. The maximum atomic E-state index is 5.71. The van der Waals surface area contributed by atoms with Crippen LogP contribution in [-0.2, 0) is 0 Å². The summed E-state index contributed by atoms with van der Waals surface area (Å²) in [4.78, 5) is 4.34. The number of nitrogens with zero attached hydrogens (tertiary/aromatic N) is 1. The number of ether oxygens (including phenoxy) is 1. The topological polar surface area (TPSA) is 34.2 Å². The number of aryl methyl sites for hydroxylation is 1. The highest BCUT2D eigenvalue weighted by Gasteiger charge is 2.17. The number of hydrogen-bond acceptors (Lipinski definition) is 4. The van der Waals surface area contributed by atoms with Gasteiger partial charge in [0.05, 0.1) is 18.8 Å². The van der Waals surface area contributed by atoms with Crippen molar-refractivity contribution in [2.45, 2.75) is 39.7 Å². The van der Waals surface area contributed by atoms with Gasteiger partial charge in [0.1, 0.15) is 5.75 Å². The highest BCUT2D eigenvalue weighted by molar-refractivity contribution is 7.08. The summed E-state index contributed by atoms with van der Waals surface area (Å²) in [6, 6.07) is 2.29. The molecule has 2 heterocycles. The second kappa shape index (κ2) is 8.15. The van der Waals surface area contributed by atoms with Crippen molar-refractivity contribution in [2.75, 3.05) is 13.2 Å². The predicted octanol–water partition coefficient (Wildman–Crippen LogP) is 4.33. The van der Waals surface area contributed by atoms with Crippen LogP contribution in [0.5, 0.6) is 5.75 Å². The molecule has 0 aliphatic carbocycles. The van der Waals surface area contributed by atoms with Crippen LogP contribution in [0.15, 0.2) is 29.2 Å². The van der Waals surface area contributed by atoms with Gasteiger partial charge in [0.2, 0.25) is 0 Å². The van der Waals surface area contributed by atoms with Crippen molar-refractivity contribution in [1.82, 2.24) is 10.3 Å². The molecule has 0 saturated heterocycles. The van der Waals surface area contributed by atoms with Crippen LogP contribution in [0.1, 0.15) is 49.4 Å². The molecule has 1 N–H and O–H groups in total. The van der Waals surface area contributed by atoms with E-state index in [2.05, 4.69) is 47.9 Å². The Labute approximate surface area is 131 Å². The van der Waals surface area contributed by atoms with Gasteiger partial charge in [-0.05, 0) is 59.8 Å². The van der Waals surface area contributed by atoms with Gasteiger partial charge >= 0.3 is 0 Å². The first-order chi connectivity index (χ1) is 10.3. The Morgan fingerprint density at radius 3 is 2.76 bits per heavy atom. The lowest BCUT2D eigenvalue weighted by Crippen LogP contribution is -2.23. The van der Waals surface area contributed by atoms with Gasteiger partial charge in [0.15, 0.2) is 0 Å². The van der Waals surface area contributed by atoms with Crippen LogP contribution in [0.3, 0.4) is 0 Å². The molecule has 2 aromatic rings. The molecule has 1 unspecified atom stereocenters. The Kier molecular flexibility index (Phi) is 6.21. The highest BCUT2D eigenvalue weighted by Crippen LogP contribution is 2.29. The molecule has 0 radical (unpaired) electrons. The average Bonchev–Trinajstić information content (AvgIpc) is 2.92. The fourth-order valence-electron chi connectivity index (χ4n) is 2.25. The minimum atomic E-state index is 0.189. The fourth-order valence-corrected chi connectivity index (χ4v) is 3.13. The first kappa shape index (κ1) is 16.0. The largest absolute Gasteiger partial charge is 0.492 e. The summed E-state index contributed by atoms with van der Waals surface area (Å²) in [6.45, 7) is 8.17. The van der Waals surface area contributed by atoms with Crippen LogP contribution in [0, 0.1) is 6.92 Å². The van der Waals surface area contributed by atoms with Crippen LogP contribution < -0.4 is 10.1 Å². The van der Waals surface area contributed by atoms with Gasteiger partial charge in [0.25, 0.3) is 0 Å². The summed E-state index contributed by atoms with van der Waals surface area (Å²) in [5.41, 5.74) is 3.83. The molecule has 0 aliphatic heterocycles. The Morgan fingerprint density at radius 2 is 2.10 bits per heavy atom. The second-order valence-electron chi connectivity index (χ2n) is 5.20. The van der Waals surface area contributed by atoms with E-state index in [0.29, 0.717) is 0 Å². The number of pyridine rings is 1. The lowest BCUT2D eigenvalue weighted by molar-refractivity contribution is 0.315. The molecule has 1 atom stereocenters. The van der Waals surface area contributed by atoms with E-state index in [1.807, 2.05) is 6.20 Å². The van der Waals surface area contributed by atoms with Crippen molar-refractivity contribution in [3.05, 3.63) is 45.9 Å². The SMILES string of the molecule is CCCNC(c1cncc(OCCC)c1)c1cscc1C. The number of thiophene rings is 1. The molecular weight excluding hydrogens is 280 g/mol. The van der Waals surface area contributed by atoms with Crippen molar-refractivity contribution in [3.63, 3.8) is 0 Å². The first-order valence-corrected chi connectivity index (χ1v) is 8.54. The van der Waals surface area contributed by atoms with Crippen LogP contribution in [0.2, 0.25) is 0 Å². The lowest BCUT2D eigenvalue weighted by Gasteiger charge is -2.19. The molecule has 2 rings (SSSR count). The van der Waals surface area contributed by atoms with Crippen molar-refractivity contribution in [3.8, 4) is 5.75 Å². The van der Waals surface area contributed by atoms with Crippen molar-refractivity contribution in [2.24, 2.45) is 0 Å². The van der Waals surface area contributed by atoms with Crippen LogP contribution in [-0.4, -0.2) is 18.1 Å². The Bertz CT molecular complexity index is 553. The van der Waals surface area contributed by atoms with Crippen molar-refractivity contribution in [1.29, 1.82) is 0 Å². The van der Waals surface area contributed by atoms with E-state index >= 15 is 0 Å². The van der Waals surface area contributed by atoms with E-state index in [1.165, 1.54) is 16.7 Å². The monoisotopic (exact) mass is 304 g/mol. The molecule has 114 valence electrons. The van der Waals surface area contributed by atoms with Crippen LogP contribution >= 0.6 is 11.3 Å². The Morgan fingerprint density at radius 1 is 1.24 bits per heavy atom. The molecule has 0 saturated carbocycles. The standard InChI is InChI=1S/C17H24N2OS/c1-4-6-19-17(16-12-21-11-13(16)3)14-8-15(10-18-9-14)20-7-5-2/h8-12,17,19H,4-7H2,1-3H3. The van der Waals surface area contributed by atoms with E-state index < -0.39 is 0 Å². The zero-order valence-electron chi connectivity index (χ0n) is 13.1.